The minimum atomic E-state index is -2.99. The van der Waals surface area contributed by atoms with Gasteiger partial charge in [0, 0.05) is 0 Å². The molecular formula is C16H17FN2O4S2. The van der Waals surface area contributed by atoms with Crippen molar-refractivity contribution in [3.05, 3.63) is 29.6 Å². The fourth-order valence-electron chi connectivity index (χ4n) is 3.18. The number of hydrogen-bond acceptors (Lipinski definition) is 6. The molecule has 0 aliphatic carbocycles. The number of carbonyl (C=O) groups is 1. The van der Waals surface area contributed by atoms with E-state index in [1.165, 1.54) is 11.0 Å². The summed E-state index contributed by atoms with van der Waals surface area (Å²) in [7, 11) is -2.99. The zero-order valence-electron chi connectivity index (χ0n) is 13.4. The van der Waals surface area contributed by atoms with Crippen LogP contribution in [0.4, 0.5) is 14.9 Å². The number of isothiocyanates is 1. The van der Waals surface area contributed by atoms with E-state index in [0.717, 1.165) is 0 Å². The maximum absolute atomic E-state index is 14.5. The highest BCUT2D eigenvalue weighted by Gasteiger charge is 2.33. The first-order valence-electron chi connectivity index (χ1n) is 7.91. The zero-order chi connectivity index (χ0) is 18.0. The van der Waals surface area contributed by atoms with Crippen LogP contribution in [0, 0.1) is 5.82 Å². The Bertz CT molecular complexity index is 823. The van der Waals surface area contributed by atoms with Gasteiger partial charge in [0.1, 0.15) is 21.8 Å². The van der Waals surface area contributed by atoms with Crippen LogP contribution in [-0.2, 0) is 14.6 Å². The first kappa shape index (κ1) is 18.0. The number of rotatable bonds is 4. The molecule has 0 N–H and O–H groups in total. The van der Waals surface area contributed by atoms with Crippen LogP contribution >= 0.6 is 12.2 Å². The molecule has 1 aromatic carbocycles. The van der Waals surface area contributed by atoms with Gasteiger partial charge in [0.05, 0.1) is 35.4 Å². The van der Waals surface area contributed by atoms with Gasteiger partial charge in [-0.2, -0.15) is 0 Å². The maximum Gasteiger partial charge on any atom is 0.414 e. The molecule has 3 rings (SSSR count). The fraction of sp³-hybridized carbons (Fsp3) is 0.500. The molecule has 2 aliphatic rings. The highest BCUT2D eigenvalue weighted by Crippen LogP contribution is 2.33. The van der Waals surface area contributed by atoms with Crippen molar-refractivity contribution in [2.24, 2.45) is 4.99 Å². The third-order valence-corrected chi connectivity index (χ3v) is 6.37. The summed E-state index contributed by atoms with van der Waals surface area (Å²) in [5.74, 6) is -0.388. The molecular weight excluding hydrogens is 367 g/mol. The van der Waals surface area contributed by atoms with Crippen molar-refractivity contribution in [1.82, 2.24) is 0 Å². The van der Waals surface area contributed by atoms with Gasteiger partial charge >= 0.3 is 6.09 Å². The molecule has 0 unspecified atom stereocenters. The van der Waals surface area contributed by atoms with Crippen LogP contribution in [0.15, 0.2) is 23.2 Å². The molecule has 0 saturated carbocycles. The van der Waals surface area contributed by atoms with E-state index < -0.39 is 27.9 Å². The molecule has 2 heterocycles. The Hall–Kier alpha value is -1.83. The summed E-state index contributed by atoms with van der Waals surface area (Å²) in [6.07, 6.45) is -0.154. The smallest absolute Gasteiger partial charge is 0.414 e. The van der Waals surface area contributed by atoms with Crippen molar-refractivity contribution in [2.45, 2.75) is 24.9 Å². The second kappa shape index (κ2) is 7.19. The summed E-state index contributed by atoms with van der Waals surface area (Å²) in [6, 6.07) is 4.58. The Balaban J connectivity index is 1.74. The quantitative estimate of drug-likeness (QED) is 0.589. The van der Waals surface area contributed by atoms with Gasteiger partial charge < -0.3 is 4.74 Å². The predicted octanol–water partition coefficient (Wildman–Crippen LogP) is 2.55. The van der Waals surface area contributed by atoms with Gasteiger partial charge in [0.2, 0.25) is 0 Å². The molecule has 2 saturated heterocycles. The summed E-state index contributed by atoms with van der Waals surface area (Å²) in [6.45, 7) is 0.489. The fourth-order valence-corrected chi connectivity index (χ4v) is 4.75. The SMILES string of the molecule is O=C1O[C@H](CN=C=S)CN1c1ccc(C2CCS(=O)(=O)CC2)c(F)c1. The van der Waals surface area contributed by atoms with Crippen molar-refractivity contribution >= 4 is 39.0 Å². The Labute approximate surface area is 150 Å². The number of ether oxygens (including phenoxy) is 1. The molecule has 0 bridgehead atoms. The maximum atomic E-state index is 14.5. The Morgan fingerprint density at radius 3 is 2.72 bits per heavy atom. The number of benzene rings is 1. The van der Waals surface area contributed by atoms with Crippen molar-refractivity contribution in [1.29, 1.82) is 0 Å². The lowest BCUT2D eigenvalue weighted by atomic mass is 9.93. The van der Waals surface area contributed by atoms with E-state index in [9.17, 15) is 17.6 Å². The number of thiocarbonyl (C=S) groups is 1. The largest absolute Gasteiger partial charge is 0.442 e. The Morgan fingerprint density at radius 1 is 1.36 bits per heavy atom. The molecule has 1 aromatic rings. The minimum absolute atomic E-state index is 0.0827. The van der Waals surface area contributed by atoms with Crippen molar-refractivity contribution < 1.29 is 22.3 Å². The molecule has 1 atom stereocenters. The number of aliphatic imine (C=N–C) groups is 1. The Kier molecular flexibility index (Phi) is 5.17. The van der Waals surface area contributed by atoms with E-state index in [0.29, 0.717) is 24.1 Å². The molecule has 2 aliphatic heterocycles. The summed E-state index contributed by atoms with van der Waals surface area (Å²) in [5, 5.41) is 2.22. The summed E-state index contributed by atoms with van der Waals surface area (Å²) in [4.78, 5) is 17.1. The van der Waals surface area contributed by atoms with Gasteiger partial charge in [-0.1, -0.05) is 6.07 Å². The van der Waals surface area contributed by atoms with Crippen LogP contribution in [0.1, 0.15) is 24.3 Å². The number of cyclic esters (lactones) is 1. The molecule has 0 radical (unpaired) electrons. The second-order valence-corrected chi connectivity index (χ2v) is 8.67. The van der Waals surface area contributed by atoms with E-state index in [1.807, 2.05) is 0 Å². The predicted molar refractivity (Wildman–Crippen MR) is 94.5 cm³/mol. The monoisotopic (exact) mass is 384 g/mol. The topological polar surface area (TPSA) is 76.0 Å². The number of sulfone groups is 1. The number of anilines is 1. The van der Waals surface area contributed by atoms with Gasteiger partial charge in [-0.05, 0) is 48.7 Å². The lowest BCUT2D eigenvalue weighted by Crippen LogP contribution is -2.26. The number of amides is 1. The van der Waals surface area contributed by atoms with Crippen molar-refractivity contribution in [3.63, 3.8) is 0 Å². The molecule has 134 valence electrons. The van der Waals surface area contributed by atoms with Gasteiger partial charge in [0.15, 0.2) is 0 Å². The normalized spacial score (nSPS) is 23.2. The molecule has 6 nitrogen and oxygen atoms in total. The average molecular weight is 384 g/mol. The number of halogens is 1. The van der Waals surface area contributed by atoms with Gasteiger partial charge in [0.25, 0.3) is 0 Å². The van der Waals surface area contributed by atoms with Crippen molar-refractivity contribution in [3.8, 4) is 0 Å². The van der Waals surface area contributed by atoms with Crippen LogP contribution in [-0.4, -0.2) is 50.4 Å². The third-order valence-electron chi connectivity index (χ3n) is 4.52. The first-order chi connectivity index (χ1) is 11.9. The summed E-state index contributed by atoms with van der Waals surface area (Å²) in [5.41, 5.74) is 0.900. The summed E-state index contributed by atoms with van der Waals surface area (Å²) < 4.78 is 42.7. The number of nitrogens with zero attached hydrogens (tertiary/aromatic N) is 2. The van der Waals surface area contributed by atoms with E-state index >= 15 is 0 Å². The molecule has 2 fully saturated rings. The van der Waals surface area contributed by atoms with E-state index in [2.05, 4.69) is 22.4 Å². The third kappa shape index (κ3) is 4.05. The van der Waals surface area contributed by atoms with Crippen molar-refractivity contribution in [2.75, 3.05) is 29.5 Å². The van der Waals surface area contributed by atoms with Crippen LogP contribution in [0.5, 0.6) is 0 Å². The summed E-state index contributed by atoms with van der Waals surface area (Å²) >= 11 is 4.49. The molecule has 0 spiro atoms. The van der Waals surface area contributed by atoms with Crippen LogP contribution < -0.4 is 4.90 Å². The van der Waals surface area contributed by atoms with Crippen LogP contribution in [0.25, 0.3) is 0 Å². The lowest BCUT2D eigenvalue weighted by Gasteiger charge is -2.23. The number of hydrogen-bond donors (Lipinski definition) is 0. The lowest BCUT2D eigenvalue weighted by molar-refractivity contribution is 0.145. The van der Waals surface area contributed by atoms with E-state index in [1.54, 1.807) is 12.1 Å². The zero-order valence-corrected chi connectivity index (χ0v) is 15.0. The highest BCUT2D eigenvalue weighted by molar-refractivity contribution is 7.91. The number of carbonyl (C=O) groups excluding carboxylic acids is 1. The Morgan fingerprint density at radius 2 is 2.08 bits per heavy atom. The molecule has 1 amide bonds. The highest BCUT2D eigenvalue weighted by atomic mass is 32.2. The van der Waals surface area contributed by atoms with E-state index in [-0.39, 0.29) is 30.5 Å². The van der Waals surface area contributed by atoms with Crippen LogP contribution in [0.2, 0.25) is 0 Å². The van der Waals surface area contributed by atoms with Gasteiger partial charge in [-0.15, -0.1) is 0 Å². The van der Waals surface area contributed by atoms with Crippen LogP contribution in [0.3, 0.4) is 0 Å². The van der Waals surface area contributed by atoms with E-state index in [4.69, 9.17) is 4.74 Å². The average Bonchev–Trinajstić information content (AvgIpc) is 2.94. The standard InChI is InChI=1S/C16H17FN2O4S2/c17-15-7-12(19-9-13(8-18-10-24)23-16(19)20)1-2-14(15)11-3-5-25(21,22)6-4-11/h1-2,7,11,13H,3-6,8-9H2/t13-/m1/s1. The second-order valence-electron chi connectivity index (χ2n) is 6.18. The van der Waals surface area contributed by atoms with Gasteiger partial charge in [-0.3, -0.25) is 4.90 Å². The first-order valence-corrected chi connectivity index (χ1v) is 10.1. The molecule has 25 heavy (non-hydrogen) atoms. The minimum Gasteiger partial charge on any atom is -0.442 e. The molecule has 0 aromatic heterocycles. The molecule has 9 heteroatoms. The van der Waals surface area contributed by atoms with Gasteiger partial charge in [-0.25, -0.2) is 22.6 Å².